The van der Waals surface area contributed by atoms with Gasteiger partial charge in [-0.05, 0) is 24.6 Å². The van der Waals surface area contributed by atoms with Crippen LogP contribution in [-0.2, 0) is 4.79 Å². The second-order valence-electron chi connectivity index (χ2n) is 5.69. The summed E-state index contributed by atoms with van der Waals surface area (Å²) in [5, 5.41) is 5.01. The minimum absolute atomic E-state index is 0.0316. The van der Waals surface area contributed by atoms with Crippen LogP contribution in [0.4, 0.5) is 0 Å². The Morgan fingerprint density at radius 2 is 1.76 bits per heavy atom. The standard InChI is InChI=1S/C19H20N4OS/c1-15(16-9-5-3-6-10-16)22(2)18(24)13-25-19-20-14-23(21-19)17-11-7-4-8-12-17/h3-12,14-15H,13H2,1-2H3/t15-/m1/s1. The molecule has 5 nitrogen and oxygen atoms in total. The fourth-order valence-electron chi connectivity index (χ4n) is 2.42. The average molecular weight is 352 g/mol. The molecule has 1 aromatic heterocycles. The second-order valence-corrected chi connectivity index (χ2v) is 6.63. The maximum absolute atomic E-state index is 12.5. The quantitative estimate of drug-likeness (QED) is 0.636. The molecular formula is C19H20N4OS. The van der Waals surface area contributed by atoms with E-state index in [4.69, 9.17) is 0 Å². The Morgan fingerprint density at radius 1 is 1.12 bits per heavy atom. The topological polar surface area (TPSA) is 51.0 Å². The van der Waals surface area contributed by atoms with Gasteiger partial charge in [-0.3, -0.25) is 4.79 Å². The maximum Gasteiger partial charge on any atom is 0.233 e. The summed E-state index contributed by atoms with van der Waals surface area (Å²) in [4.78, 5) is 18.5. The molecule has 1 atom stereocenters. The molecule has 0 fully saturated rings. The van der Waals surface area contributed by atoms with Gasteiger partial charge in [0.05, 0.1) is 17.5 Å². The van der Waals surface area contributed by atoms with E-state index in [2.05, 4.69) is 10.1 Å². The fourth-order valence-corrected chi connectivity index (χ4v) is 3.14. The van der Waals surface area contributed by atoms with Gasteiger partial charge >= 0.3 is 0 Å². The van der Waals surface area contributed by atoms with E-state index >= 15 is 0 Å². The first-order chi connectivity index (χ1) is 12.1. The molecule has 0 N–H and O–H groups in total. The fraction of sp³-hybridized carbons (Fsp3) is 0.211. The van der Waals surface area contributed by atoms with Gasteiger partial charge in [-0.1, -0.05) is 60.3 Å². The normalized spacial score (nSPS) is 11.9. The molecule has 3 rings (SSSR count). The molecule has 0 spiro atoms. The van der Waals surface area contributed by atoms with Gasteiger partial charge in [0.25, 0.3) is 0 Å². The average Bonchev–Trinajstić information content (AvgIpc) is 3.15. The number of hydrogen-bond donors (Lipinski definition) is 0. The van der Waals surface area contributed by atoms with Crippen LogP contribution in [0, 0.1) is 0 Å². The number of aromatic nitrogens is 3. The Bertz CT molecular complexity index is 820. The van der Waals surface area contributed by atoms with E-state index in [9.17, 15) is 4.79 Å². The van der Waals surface area contributed by atoms with Crippen LogP contribution in [0.3, 0.4) is 0 Å². The number of thioether (sulfide) groups is 1. The Morgan fingerprint density at radius 3 is 2.44 bits per heavy atom. The largest absolute Gasteiger partial charge is 0.338 e. The molecule has 0 bridgehead atoms. The number of para-hydroxylation sites is 1. The number of nitrogens with zero attached hydrogens (tertiary/aromatic N) is 4. The van der Waals surface area contributed by atoms with Gasteiger partial charge in [0.15, 0.2) is 0 Å². The van der Waals surface area contributed by atoms with Crippen molar-refractivity contribution < 1.29 is 4.79 Å². The summed E-state index contributed by atoms with van der Waals surface area (Å²) in [7, 11) is 1.83. The molecule has 0 saturated heterocycles. The van der Waals surface area contributed by atoms with E-state index in [0.717, 1.165) is 11.3 Å². The minimum atomic E-state index is 0.0316. The number of carbonyl (C=O) groups is 1. The summed E-state index contributed by atoms with van der Waals surface area (Å²) < 4.78 is 1.71. The highest BCUT2D eigenvalue weighted by Crippen LogP contribution is 2.21. The lowest BCUT2D eigenvalue weighted by atomic mass is 10.1. The molecule has 128 valence electrons. The summed E-state index contributed by atoms with van der Waals surface area (Å²) in [5.41, 5.74) is 2.07. The van der Waals surface area contributed by atoms with E-state index in [1.54, 1.807) is 15.9 Å². The third-order valence-electron chi connectivity index (χ3n) is 4.07. The van der Waals surface area contributed by atoms with E-state index in [1.165, 1.54) is 11.8 Å². The summed E-state index contributed by atoms with van der Waals surface area (Å²) >= 11 is 1.35. The van der Waals surface area contributed by atoms with Gasteiger partial charge in [0.1, 0.15) is 6.33 Å². The molecule has 1 heterocycles. The molecule has 25 heavy (non-hydrogen) atoms. The van der Waals surface area contributed by atoms with Gasteiger partial charge in [-0.25, -0.2) is 9.67 Å². The molecule has 6 heteroatoms. The first-order valence-electron chi connectivity index (χ1n) is 8.05. The number of amides is 1. The van der Waals surface area contributed by atoms with Crippen LogP contribution in [0.25, 0.3) is 5.69 Å². The summed E-state index contributed by atoms with van der Waals surface area (Å²) in [6.07, 6.45) is 1.67. The predicted molar refractivity (Wildman–Crippen MR) is 99.7 cm³/mol. The molecule has 0 aliphatic carbocycles. The Hall–Kier alpha value is -2.60. The van der Waals surface area contributed by atoms with Crippen molar-refractivity contribution in [3.8, 4) is 5.69 Å². The van der Waals surface area contributed by atoms with Crippen LogP contribution >= 0.6 is 11.8 Å². The summed E-state index contributed by atoms with van der Waals surface area (Å²) in [5.74, 6) is 0.365. The van der Waals surface area contributed by atoms with Crippen molar-refractivity contribution in [2.75, 3.05) is 12.8 Å². The molecule has 0 aliphatic rings. The van der Waals surface area contributed by atoms with Crippen molar-refractivity contribution >= 4 is 17.7 Å². The Kier molecular flexibility index (Phi) is 5.50. The molecular weight excluding hydrogens is 332 g/mol. The third kappa shape index (κ3) is 4.28. The van der Waals surface area contributed by atoms with Crippen molar-refractivity contribution in [1.29, 1.82) is 0 Å². The summed E-state index contributed by atoms with van der Waals surface area (Å²) in [6.45, 7) is 2.03. The maximum atomic E-state index is 12.5. The molecule has 0 saturated carbocycles. The third-order valence-corrected chi connectivity index (χ3v) is 4.91. The lowest BCUT2D eigenvalue weighted by Crippen LogP contribution is -2.31. The van der Waals surface area contributed by atoms with Gasteiger partial charge in [0.2, 0.25) is 11.1 Å². The number of benzene rings is 2. The first kappa shape index (κ1) is 17.2. The molecule has 1 amide bonds. The molecule has 0 unspecified atom stereocenters. The van der Waals surface area contributed by atoms with Crippen LogP contribution in [-0.4, -0.2) is 38.4 Å². The Labute approximate surface area is 151 Å². The highest BCUT2D eigenvalue weighted by Gasteiger charge is 2.18. The van der Waals surface area contributed by atoms with E-state index in [1.807, 2.05) is 74.6 Å². The zero-order valence-electron chi connectivity index (χ0n) is 14.2. The van der Waals surface area contributed by atoms with Gasteiger partial charge in [-0.15, -0.1) is 5.10 Å². The van der Waals surface area contributed by atoms with E-state index < -0.39 is 0 Å². The van der Waals surface area contributed by atoms with Crippen molar-refractivity contribution in [3.63, 3.8) is 0 Å². The van der Waals surface area contributed by atoms with Crippen LogP contribution in [0.1, 0.15) is 18.5 Å². The molecule has 0 aliphatic heterocycles. The highest BCUT2D eigenvalue weighted by molar-refractivity contribution is 7.99. The van der Waals surface area contributed by atoms with E-state index in [-0.39, 0.29) is 11.9 Å². The van der Waals surface area contributed by atoms with Crippen molar-refractivity contribution in [1.82, 2.24) is 19.7 Å². The number of hydrogen-bond acceptors (Lipinski definition) is 4. The Balaban J connectivity index is 1.58. The highest BCUT2D eigenvalue weighted by atomic mass is 32.2. The minimum Gasteiger partial charge on any atom is -0.338 e. The number of rotatable bonds is 6. The van der Waals surface area contributed by atoms with Crippen LogP contribution < -0.4 is 0 Å². The lowest BCUT2D eigenvalue weighted by molar-refractivity contribution is -0.128. The van der Waals surface area contributed by atoms with Crippen molar-refractivity contribution in [2.45, 2.75) is 18.1 Å². The van der Waals surface area contributed by atoms with Gasteiger partial charge in [0, 0.05) is 7.05 Å². The van der Waals surface area contributed by atoms with Crippen molar-refractivity contribution in [3.05, 3.63) is 72.6 Å². The zero-order chi connectivity index (χ0) is 17.6. The predicted octanol–water partition coefficient (Wildman–Crippen LogP) is 3.58. The monoisotopic (exact) mass is 352 g/mol. The van der Waals surface area contributed by atoms with Crippen LogP contribution in [0.15, 0.2) is 72.1 Å². The van der Waals surface area contributed by atoms with E-state index in [0.29, 0.717) is 10.9 Å². The molecule has 3 aromatic rings. The van der Waals surface area contributed by atoms with Crippen LogP contribution in [0.2, 0.25) is 0 Å². The summed E-state index contributed by atoms with van der Waals surface area (Å²) in [6, 6.07) is 19.8. The van der Waals surface area contributed by atoms with Gasteiger partial charge in [-0.2, -0.15) is 0 Å². The van der Waals surface area contributed by atoms with Gasteiger partial charge < -0.3 is 4.90 Å². The number of carbonyl (C=O) groups excluding carboxylic acids is 1. The SMILES string of the molecule is C[C@H](c1ccccc1)N(C)C(=O)CSc1ncn(-c2ccccc2)n1. The molecule has 0 radical (unpaired) electrons. The zero-order valence-corrected chi connectivity index (χ0v) is 15.1. The second kappa shape index (κ2) is 7.98. The lowest BCUT2D eigenvalue weighted by Gasteiger charge is -2.25. The van der Waals surface area contributed by atoms with Crippen LogP contribution in [0.5, 0.6) is 0 Å². The molecule has 2 aromatic carbocycles. The van der Waals surface area contributed by atoms with Crippen molar-refractivity contribution in [2.24, 2.45) is 0 Å². The smallest absolute Gasteiger partial charge is 0.233 e. The first-order valence-corrected chi connectivity index (χ1v) is 9.04.